The maximum Gasteiger partial charge on any atom is 0.224 e. The lowest BCUT2D eigenvalue weighted by molar-refractivity contribution is 0.392. The number of aromatic hydroxyl groups is 2. The zero-order valence-corrected chi connectivity index (χ0v) is 10.2. The molecule has 0 fully saturated rings. The minimum absolute atomic E-state index is 0.130. The third kappa shape index (κ3) is 2.97. The van der Waals surface area contributed by atoms with E-state index < -0.39 is 31.7 Å². The first-order valence-corrected chi connectivity index (χ1v) is 6.83. The Hall–Kier alpha value is -1.56. The molecule has 5 nitrogen and oxygen atoms in total. The van der Waals surface area contributed by atoms with Crippen molar-refractivity contribution in [3.63, 3.8) is 0 Å². The van der Waals surface area contributed by atoms with E-state index in [1.165, 1.54) is 6.07 Å². The van der Waals surface area contributed by atoms with Gasteiger partial charge in [-0.3, -0.25) is 4.79 Å². The standard InChI is InChI=1S/C11H14O5S/c1-2-3-7-17(15,16)9-6-4-5-8(12)10(13)11(9)14/h4-6H,2-3,7H2,1H3,(H2,12,13,14). The maximum absolute atomic E-state index is 11.8. The van der Waals surface area contributed by atoms with Crippen LogP contribution in [0, 0.1) is 0 Å². The minimum atomic E-state index is -3.68. The van der Waals surface area contributed by atoms with E-state index >= 15 is 0 Å². The van der Waals surface area contributed by atoms with Gasteiger partial charge < -0.3 is 10.2 Å². The summed E-state index contributed by atoms with van der Waals surface area (Å²) >= 11 is 0. The Kier molecular flexibility index (Phi) is 4.11. The van der Waals surface area contributed by atoms with E-state index in [1.807, 2.05) is 6.92 Å². The number of hydrogen-bond donors (Lipinski definition) is 2. The third-order valence-electron chi connectivity index (χ3n) is 2.29. The van der Waals surface area contributed by atoms with Crippen LogP contribution in [0.15, 0.2) is 27.9 Å². The van der Waals surface area contributed by atoms with Crippen LogP contribution in [-0.4, -0.2) is 24.4 Å². The molecule has 0 saturated heterocycles. The molecule has 1 aromatic carbocycles. The van der Waals surface area contributed by atoms with Gasteiger partial charge in [0.15, 0.2) is 15.6 Å². The Morgan fingerprint density at radius 2 is 1.82 bits per heavy atom. The van der Waals surface area contributed by atoms with Crippen molar-refractivity contribution in [2.45, 2.75) is 24.7 Å². The van der Waals surface area contributed by atoms with Gasteiger partial charge in [-0.25, -0.2) is 8.42 Å². The Morgan fingerprint density at radius 3 is 2.41 bits per heavy atom. The van der Waals surface area contributed by atoms with E-state index in [1.54, 1.807) is 0 Å². The van der Waals surface area contributed by atoms with E-state index in [0.29, 0.717) is 12.8 Å². The van der Waals surface area contributed by atoms with Crippen LogP contribution in [-0.2, 0) is 9.84 Å². The van der Waals surface area contributed by atoms with Gasteiger partial charge in [0.05, 0.1) is 5.75 Å². The molecule has 1 rings (SSSR count). The zero-order chi connectivity index (χ0) is 13.1. The first-order chi connectivity index (χ1) is 7.90. The van der Waals surface area contributed by atoms with Gasteiger partial charge in [-0.2, -0.15) is 0 Å². The molecule has 0 radical (unpaired) electrons. The molecule has 6 heteroatoms. The number of sulfone groups is 1. The Labute approximate surface area is 99.3 Å². The van der Waals surface area contributed by atoms with Crippen molar-refractivity contribution >= 4 is 9.84 Å². The van der Waals surface area contributed by atoms with E-state index in [4.69, 9.17) is 0 Å². The van der Waals surface area contributed by atoms with Gasteiger partial charge in [-0.05, 0) is 18.6 Å². The lowest BCUT2D eigenvalue weighted by atomic mass is 10.4. The van der Waals surface area contributed by atoms with E-state index in [0.717, 1.165) is 12.1 Å². The zero-order valence-electron chi connectivity index (χ0n) is 9.38. The third-order valence-corrected chi connectivity index (χ3v) is 4.11. The highest BCUT2D eigenvalue weighted by atomic mass is 32.2. The molecule has 0 atom stereocenters. The summed E-state index contributed by atoms with van der Waals surface area (Å²) < 4.78 is 23.7. The Balaban J connectivity index is 3.39. The molecule has 0 aliphatic carbocycles. The molecular formula is C11H14O5S. The van der Waals surface area contributed by atoms with Crippen LogP contribution in [0.2, 0.25) is 0 Å². The predicted octanol–water partition coefficient (Wildman–Crippen LogP) is 1.03. The fraction of sp³-hybridized carbons (Fsp3) is 0.364. The smallest absolute Gasteiger partial charge is 0.224 e. The fourth-order valence-electron chi connectivity index (χ4n) is 1.31. The Morgan fingerprint density at radius 1 is 1.18 bits per heavy atom. The van der Waals surface area contributed by atoms with Crippen molar-refractivity contribution in [3.05, 3.63) is 28.4 Å². The second-order valence-corrected chi connectivity index (χ2v) is 5.70. The monoisotopic (exact) mass is 258 g/mol. The van der Waals surface area contributed by atoms with E-state index in [-0.39, 0.29) is 5.75 Å². The van der Waals surface area contributed by atoms with Gasteiger partial charge in [0.1, 0.15) is 4.90 Å². The molecule has 0 aliphatic rings. The van der Waals surface area contributed by atoms with Crippen LogP contribution in [0.25, 0.3) is 0 Å². The largest absolute Gasteiger partial charge is 0.503 e. The quantitative estimate of drug-likeness (QED) is 0.841. The molecule has 0 spiro atoms. The lowest BCUT2D eigenvalue weighted by Crippen LogP contribution is -2.06. The van der Waals surface area contributed by atoms with E-state index in [9.17, 15) is 23.4 Å². The molecule has 0 bridgehead atoms. The molecule has 0 unspecified atom stereocenters. The van der Waals surface area contributed by atoms with Gasteiger partial charge in [0.25, 0.3) is 0 Å². The van der Waals surface area contributed by atoms with Crippen molar-refractivity contribution < 1.29 is 18.6 Å². The van der Waals surface area contributed by atoms with Crippen molar-refractivity contribution in [1.29, 1.82) is 0 Å². The lowest BCUT2D eigenvalue weighted by Gasteiger charge is -2.03. The number of hydrogen-bond acceptors (Lipinski definition) is 5. The molecule has 0 saturated carbocycles. The SMILES string of the molecule is CCCCS(=O)(=O)c1cccc(=O)c(O)c1O. The highest BCUT2D eigenvalue weighted by Gasteiger charge is 2.20. The molecule has 17 heavy (non-hydrogen) atoms. The normalized spacial score (nSPS) is 11.4. The summed E-state index contributed by atoms with van der Waals surface area (Å²) in [5.74, 6) is -1.95. The van der Waals surface area contributed by atoms with Crippen LogP contribution >= 0.6 is 0 Å². The average Bonchev–Trinajstić information content (AvgIpc) is 2.40. The van der Waals surface area contributed by atoms with Gasteiger partial charge in [-0.1, -0.05) is 19.4 Å². The summed E-state index contributed by atoms with van der Waals surface area (Å²) in [4.78, 5) is 10.7. The molecular weight excluding hydrogens is 244 g/mol. The highest BCUT2D eigenvalue weighted by Crippen LogP contribution is 2.28. The van der Waals surface area contributed by atoms with Gasteiger partial charge >= 0.3 is 0 Å². The average molecular weight is 258 g/mol. The molecule has 2 N–H and O–H groups in total. The first kappa shape index (κ1) is 13.5. The second kappa shape index (κ2) is 5.18. The summed E-state index contributed by atoms with van der Waals surface area (Å²) in [5.41, 5.74) is -0.820. The highest BCUT2D eigenvalue weighted by molar-refractivity contribution is 7.91. The summed E-state index contributed by atoms with van der Waals surface area (Å²) in [5, 5.41) is 18.9. The van der Waals surface area contributed by atoms with Crippen LogP contribution in [0.5, 0.6) is 11.5 Å². The molecule has 0 heterocycles. The van der Waals surface area contributed by atoms with Crippen molar-refractivity contribution in [2.75, 3.05) is 5.75 Å². The molecule has 94 valence electrons. The number of unbranched alkanes of at least 4 members (excludes halogenated alkanes) is 1. The second-order valence-electron chi connectivity index (χ2n) is 3.62. The molecule has 0 aromatic heterocycles. The molecule has 1 aromatic rings. The van der Waals surface area contributed by atoms with Gasteiger partial charge in [0, 0.05) is 0 Å². The number of rotatable bonds is 4. The molecule has 0 aliphatic heterocycles. The van der Waals surface area contributed by atoms with E-state index in [2.05, 4.69) is 0 Å². The van der Waals surface area contributed by atoms with Crippen LogP contribution in [0.1, 0.15) is 19.8 Å². The van der Waals surface area contributed by atoms with Crippen molar-refractivity contribution in [2.24, 2.45) is 0 Å². The fourth-order valence-corrected chi connectivity index (χ4v) is 2.88. The predicted molar refractivity (Wildman–Crippen MR) is 63.0 cm³/mol. The summed E-state index contributed by atoms with van der Waals surface area (Å²) in [7, 11) is -3.68. The summed E-state index contributed by atoms with van der Waals surface area (Å²) in [6, 6.07) is 3.30. The maximum atomic E-state index is 11.8. The van der Waals surface area contributed by atoms with Crippen LogP contribution in [0.3, 0.4) is 0 Å². The van der Waals surface area contributed by atoms with Crippen molar-refractivity contribution in [1.82, 2.24) is 0 Å². The Bertz CT molecular complexity index is 563. The van der Waals surface area contributed by atoms with Crippen LogP contribution in [0.4, 0.5) is 0 Å². The topological polar surface area (TPSA) is 91.7 Å². The van der Waals surface area contributed by atoms with Gasteiger partial charge in [-0.15, -0.1) is 0 Å². The summed E-state index contributed by atoms with van der Waals surface area (Å²) in [6.45, 7) is 1.84. The van der Waals surface area contributed by atoms with Crippen LogP contribution < -0.4 is 5.43 Å². The first-order valence-electron chi connectivity index (χ1n) is 5.18. The van der Waals surface area contributed by atoms with Gasteiger partial charge in [0.2, 0.25) is 11.2 Å². The minimum Gasteiger partial charge on any atom is -0.503 e. The molecule has 0 amide bonds. The summed E-state index contributed by atoms with van der Waals surface area (Å²) in [6.07, 6.45) is 1.14. The van der Waals surface area contributed by atoms with Crippen molar-refractivity contribution in [3.8, 4) is 11.5 Å².